The molecule has 6 nitrogen and oxygen atoms in total. The number of carbonyl (C=O) groups excluding carboxylic acids is 1. The summed E-state index contributed by atoms with van der Waals surface area (Å²) in [4.78, 5) is 17.6. The van der Waals surface area contributed by atoms with Crippen molar-refractivity contribution in [2.45, 2.75) is 116 Å². The van der Waals surface area contributed by atoms with Gasteiger partial charge in [0.2, 0.25) is 0 Å². The molecular formula is C31H52N2O4. The van der Waals surface area contributed by atoms with Crippen LogP contribution in [0.15, 0.2) is 0 Å². The average Bonchev–Trinajstić information content (AvgIpc) is 3.03. The Morgan fingerprint density at radius 2 is 1.57 bits per heavy atom. The van der Waals surface area contributed by atoms with Gasteiger partial charge in [0.25, 0.3) is 0 Å². The summed E-state index contributed by atoms with van der Waals surface area (Å²) in [7, 11) is 0. The van der Waals surface area contributed by atoms with E-state index >= 15 is 0 Å². The summed E-state index contributed by atoms with van der Waals surface area (Å²) < 4.78 is 11.9. The van der Waals surface area contributed by atoms with Crippen LogP contribution in [-0.4, -0.2) is 84.6 Å². The third-order valence-corrected chi connectivity index (χ3v) is 12.5. The van der Waals surface area contributed by atoms with Crippen LogP contribution in [0.2, 0.25) is 0 Å². The van der Waals surface area contributed by atoms with Crippen molar-refractivity contribution in [1.29, 1.82) is 0 Å². The van der Waals surface area contributed by atoms with Gasteiger partial charge < -0.3 is 14.6 Å². The molecule has 6 rings (SSSR count). The summed E-state index contributed by atoms with van der Waals surface area (Å²) in [5.74, 6) is 2.61. The van der Waals surface area contributed by atoms with Gasteiger partial charge in [0.1, 0.15) is 6.10 Å². The van der Waals surface area contributed by atoms with Crippen LogP contribution in [0.3, 0.4) is 0 Å². The summed E-state index contributed by atoms with van der Waals surface area (Å²) in [6, 6.07) is 0.662. The number of hydrogen-bond acceptors (Lipinski definition) is 6. The fraction of sp³-hybridized carbons (Fsp3) is 0.968. The molecule has 0 bridgehead atoms. The molecule has 10 atom stereocenters. The monoisotopic (exact) mass is 516 g/mol. The molecule has 0 radical (unpaired) electrons. The molecule has 6 fully saturated rings. The Labute approximate surface area is 224 Å². The molecule has 1 N–H and O–H groups in total. The molecule has 2 heterocycles. The highest BCUT2D eigenvalue weighted by Crippen LogP contribution is 2.67. The summed E-state index contributed by atoms with van der Waals surface area (Å²) in [6.45, 7) is 12.5. The first-order chi connectivity index (χ1) is 17.8. The van der Waals surface area contributed by atoms with E-state index in [1.165, 1.54) is 57.8 Å². The van der Waals surface area contributed by atoms with Crippen molar-refractivity contribution in [3.05, 3.63) is 0 Å². The number of fused-ring (bicyclic) bond motifs is 5. The standard InChI is InChI=1S/C31H52N2O4/c1-21(34)37-29-26(32-12-6-4-5-7-13-32)19-25-23-9-8-22-18-28(35)27(33-14-16-36-17-15-33)20-31(22,3)24(23)10-11-30(25,29)2/h22-29,35H,4-20H2,1-3H3/t22-,23+,24-,25-,26-,27-,28-,29-,30-,31-/m0/s1. The maximum absolute atomic E-state index is 12.4. The molecule has 6 heteroatoms. The SMILES string of the molecule is CC(=O)O[C@H]1[C@@H](N2CCCCCC2)C[C@H]2[C@@H]3CC[C@H]4C[C@H](O)[C@@H](N5CCOCC5)C[C@]4(C)[C@H]3CC[C@@]21C. The van der Waals surface area contributed by atoms with Crippen LogP contribution >= 0.6 is 0 Å². The molecule has 4 aliphatic carbocycles. The molecule has 0 amide bonds. The number of hydrogen-bond donors (Lipinski definition) is 1. The van der Waals surface area contributed by atoms with E-state index in [1.807, 2.05) is 0 Å². The van der Waals surface area contributed by atoms with Gasteiger partial charge in [-0.3, -0.25) is 14.6 Å². The minimum atomic E-state index is -0.200. The molecule has 2 aliphatic heterocycles. The predicted molar refractivity (Wildman–Crippen MR) is 144 cm³/mol. The molecule has 4 saturated carbocycles. The van der Waals surface area contributed by atoms with Gasteiger partial charge in [0.05, 0.1) is 19.3 Å². The van der Waals surface area contributed by atoms with E-state index < -0.39 is 0 Å². The first-order valence-corrected chi connectivity index (χ1v) is 15.7. The minimum Gasteiger partial charge on any atom is -0.460 e. The van der Waals surface area contributed by atoms with E-state index in [0.717, 1.165) is 64.1 Å². The second-order valence-electron chi connectivity index (χ2n) is 14.2. The second kappa shape index (κ2) is 10.4. The van der Waals surface area contributed by atoms with E-state index in [0.29, 0.717) is 23.3 Å². The van der Waals surface area contributed by atoms with Gasteiger partial charge in [-0.05, 0) is 100.0 Å². The lowest BCUT2D eigenvalue weighted by Crippen LogP contribution is -2.61. The van der Waals surface area contributed by atoms with Crippen molar-refractivity contribution in [3.8, 4) is 0 Å². The van der Waals surface area contributed by atoms with Gasteiger partial charge >= 0.3 is 5.97 Å². The van der Waals surface area contributed by atoms with Crippen molar-refractivity contribution in [1.82, 2.24) is 9.80 Å². The number of nitrogens with zero attached hydrogens (tertiary/aromatic N) is 2. The minimum absolute atomic E-state index is 0.0360. The summed E-state index contributed by atoms with van der Waals surface area (Å²) in [5.41, 5.74) is 0.384. The van der Waals surface area contributed by atoms with E-state index in [2.05, 4.69) is 23.6 Å². The lowest BCUT2D eigenvalue weighted by atomic mass is 9.44. The quantitative estimate of drug-likeness (QED) is 0.558. The lowest BCUT2D eigenvalue weighted by molar-refractivity contribution is -0.172. The molecule has 2 saturated heterocycles. The van der Waals surface area contributed by atoms with Crippen LogP contribution in [-0.2, 0) is 14.3 Å². The van der Waals surface area contributed by atoms with Gasteiger partial charge in [-0.2, -0.15) is 0 Å². The van der Waals surface area contributed by atoms with E-state index in [4.69, 9.17) is 9.47 Å². The zero-order chi connectivity index (χ0) is 25.8. The largest absolute Gasteiger partial charge is 0.460 e. The number of carbonyl (C=O) groups is 1. The van der Waals surface area contributed by atoms with Crippen molar-refractivity contribution in [2.75, 3.05) is 39.4 Å². The summed E-state index contributed by atoms with van der Waals surface area (Å²) in [5, 5.41) is 11.2. The first-order valence-electron chi connectivity index (χ1n) is 15.7. The van der Waals surface area contributed by atoms with E-state index in [-0.39, 0.29) is 29.6 Å². The Morgan fingerprint density at radius 3 is 2.27 bits per heavy atom. The molecule has 0 aromatic rings. The molecular weight excluding hydrogens is 464 g/mol. The van der Waals surface area contributed by atoms with Crippen LogP contribution in [0, 0.1) is 34.5 Å². The maximum Gasteiger partial charge on any atom is 0.302 e. The van der Waals surface area contributed by atoms with Crippen molar-refractivity contribution >= 4 is 5.97 Å². The van der Waals surface area contributed by atoms with E-state index in [1.54, 1.807) is 6.92 Å². The van der Waals surface area contributed by atoms with Gasteiger partial charge in [0, 0.05) is 37.5 Å². The summed E-state index contributed by atoms with van der Waals surface area (Å²) in [6.07, 6.45) is 13.3. The predicted octanol–water partition coefficient (Wildman–Crippen LogP) is 4.49. The van der Waals surface area contributed by atoms with Gasteiger partial charge in [-0.15, -0.1) is 0 Å². The van der Waals surface area contributed by atoms with Crippen LogP contribution in [0.4, 0.5) is 0 Å². The van der Waals surface area contributed by atoms with Gasteiger partial charge in [-0.25, -0.2) is 0 Å². The molecule has 0 aromatic heterocycles. The van der Waals surface area contributed by atoms with E-state index in [9.17, 15) is 9.90 Å². The molecule has 210 valence electrons. The molecule has 37 heavy (non-hydrogen) atoms. The second-order valence-corrected chi connectivity index (χ2v) is 14.2. The molecule has 6 aliphatic rings. The fourth-order valence-corrected chi connectivity index (χ4v) is 10.7. The van der Waals surface area contributed by atoms with Crippen LogP contribution in [0.1, 0.15) is 91.4 Å². The number of aliphatic hydroxyl groups is 1. The highest BCUT2D eigenvalue weighted by molar-refractivity contribution is 5.66. The third kappa shape index (κ3) is 4.60. The van der Waals surface area contributed by atoms with Crippen LogP contribution in [0.5, 0.6) is 0 Å². The number of likely N-dealkylation sites (tertiary alicyclic amines) is 1. The van der Waals surface area contributed by atoms with Crippen molar-refractivity contribution in [2.24, 2.45) is 34.5 Å². The maximum atomic E-state index is 12.4. The zero-order valence-corrected chi connectivity index (χ0v) is 23.7. The number of rotatable bonds is 3. The molecule has 0 aromatic carbocycles. The smallest absolute Gasteiger partial charge is 0.302 e. The molecule has 0 spiro atoms. The molecule has 0 unspecified atom stereocenters. The number of esters is 1. The Balaban J connectivity index is 1.26. The van der Waals surface area contributed by atoms with Crippen LogP contribution in [0.25, 0.3) is 0 Å². The van der Waals surface area contributed by atoms with Crippen molar-refractivity contribution < 1.29 is 19.4 Å². The number of aliphatic hydroxyl groups excluding tert-OH is 1. The highest BCUT2D eigenvalue weighted by Gasteiger charge is 2.64. The average molecular weight is 517 g/mol. The first kappa shape index (κ1) is 26.5. The fourth-order valence-electron chi connectivity index (χ4n) is 10.7. The van der Waals surface area contributed by atoms with Crippen molar-refractivity contribution in [3.63, 3.8) is 0 Å². The normalized spacial score (nSPS) is 49.4. The Bertz CT molecular complexity index is 824. The Morgan fingerprint density at radius 1 is 0.865 bits per heavy atom. The Kier molecular flexibility index (Phi) is 7.44. The Hall–Kier alpha value is -0.690. The topological polar surface area (TPSA) is 62.2 Å². The summed E-state index contributed by atoms with van der Waals surface area (Å²) >= 11 is 0. The van der Waals surface area contributed by atoms with Crippen LogP contribution < -0.4 is 0 Å². The number of morpholine rings is 1. The zero-order valence-electron chi connectivity index (χ0n) is 23.7. The van der Waals surface area contributed by atoms with Gasteiger partial charge in [0.15, 0.2) is 0 Å². The highest BCUT2D eigenvalue weighted by atomic mass is 16.5. The third-order valence-electron chi connectivity index (χ3n) is 12.5. The number of ether oxygens (including phenoxy) is 2. The lowest BCUT2D eigenvalue weighted by Gasteiger charge is -2.62. The van der Waals surface area contributed by atoms with Gasteiger partial charge in [-0.1, -0.05) is 26.7 Å².